The molecule has 0 aromatic heterocycles. The first kappa shape index (κ1) is 19.0. The summed E-state index contributed by atoms with van der Waals surface area (Å²) < 4.78 is 42.3. The van der Waals surface area contributed by atoms with Crippen molar-refractivity contribution in [2.24, 2.45) is 0 Å². The van der Waals surface area contributed by atoms with Crippen molar-refractivity contribution in [2.45, 2.75) is 31.2 Å². The molecule has 0 saturated heterocycles. The summed E-state index contributed by atoms with van der Waals surface area (Å²) in [6.07, 6.45) is 0.662. The molecule has 0 aliphatic carbocycles. The quantitative estimate of drug-likeness (QED) is 0.790. The summed E-state index contributed by atoms with van der Waals surface area (Å²) in [6.45, 7) is 3.80. The predicted molar refractivity (Wildman–Crippen MR) is 101 cm³/mol. The number of halogens is 2. The molecule has 138 valence electrons. The maximum Gasteiger partial charge on any atom is 0.261 e. The van der Waals surface area contributed by atoms with Gasteiger partial charge in [0.25, 0.3) is 5.91 Å². The standard InChI is InChI=1S/C18H18BrFN2O3S/c1-11(2)21-26(24,25)14-4-5-16(20)15(10-14)18(23)22-8-7-12-9-13(19)3-6-17(12)22/h3-6,9-11,21H,7-8H2,1-2H3. The van der Waals surface area contributed by atoms with Gasteiger partial charge < -0.3 is 4.90 Å². The Hall–Kier alpha value is -1.77. The van der Waals surface area contributed by atoms with Gasteiger partial charge in [0.2, 0.25) is 10.0 Å². The van der Waals surface area contributed by atoms with Crippen LogP contribution < -0.4 is 9.62 Å². The average molecular weight is 441 g/mol. The molecule has 0 saturated carbocycles. The van der Waals surface area contributed by atoms with Gasteiger partial charge in [-0.15, -0.1) is 0 Å². The molecule has 1 heterocycles. The van der Waals surface area contributed by atoms with E-state index in [9.17, 15) is 17.6 Å². The molecule has 5 nitrogen and oxygen atoms in total. The Kier molecular flexibility index (Phi) is 5.18. The van der Waals surface area contributed by atoms with Crippen LogP contribution in [0.1, 0.15) is 29.8 Å². The first-order valence-corrected chi connectivity index (χ1v) is 10.4. The van der Waals surface area contributed by atoms with Crippen molar-refractivity contribution in [3.63, 3.8) is 0 Å². The maximum absolute atomic E-state index is 14.3. The van der Waals surface area contributed by atoms with Gasteiger partial charge in [-0.3, -0.25) is 4.79 Å². The number of hydrogen-bond donors (Lipinski definition) is 1. The fourth-order valence-corrected chi connectivity index (χ4v) is 4.63. The van der Waals surface area contributed by atoms with E-state index in [1.165, 1.54) is 4.90 Å². The second kappa shape index (κ2) is 7.09. The number of anilines is 1. The van der Waals surface area contributed by atoms with Gasteiger partial charge in [-0.25, -0.2) is 17.5 Å². The van der Waals surface area contributed by atoms with E-state index >= 15 is 0 Å². The minimum Gasteiger partial charge on any atom is -0.308 e. The molecule has 1 N–H and O–H groups in total. The van der Waals surface area contributed by atoms with E-state index in [-0.39, 0.29) is 16.5 Å². The normalized spacial score (nSPS) is 14.0. The van der Waals surface area contributed by atoms with Gasteiger partial charge in [0, 0.05) is 22.7 Å². The third-order valence-electron chi connectivity index (χ3n) is 4.05. The van der Waals surface area contributed by atoms with Crippen molar-refractivity contribution in [1.29, 1.82) is 0 Å². The van der Waals surface area contributed by atoms with Crippen LogP contribution in [0.4, 0.5) is 10.1 Å². The van der Waals surface area contributed by atoms with Crippen LogP contribution in [-0.4, -0.2) is 26.9 Å². The minimum absolute atomic E-state index is 0.133. The van der Waals surface area contributed by atoms with Crippen LogP contribution in [0.2, 0.25) is 0 Å². The monoisotopic (exact) mass is 440 g/mol. The van der Waals surface area contributed by atoms with Crippen LogP contribution in [0.5, 0.6) is 0 Å². The van der Waals surface area contributed by atoms with Crippen LogP contribution in [0.15, 0.2) is 45.8 Å². The molecule has 0 fully saturated rings. The van der Waals surface area contributed by atoms with Crippen LogP contribution in [-0.2, 0) is 16.4 Å². The van der Waals surface area contributed by atoms with Crippen molar-refractivity contribution in [1.82, 2.24) is 4.72 Å². The second-order valence-electron chi connectivity index (χ2n) is 6.40. The van der Waals surface area contributed by atoms with E-state index in [1.807, 2.05) is 12.1 Å². The molecule has 26 heavy (non-hydrogen) atoms. The van der Waals surface area contributed by atoms with E-state index in [1.54, 1.807) is 19.9 Å². The molecule has 0 bridgehead atoms. The number of carbonyl (C=O) groups is 1. The summed E-state index contributed by atoms with van der Waals surface area (Å²) >= 11 is 3.39. The molecule has 0 unspecified atom stereocenters. The molecule has 1 aliphatic heterocycles. The lowest BCUT2D eigenvalue weighted by atomic mass is 10.1. The lowest BCUT2D eigenvalue weighted by Crippen LogP contribution is -2.32. The van der Waals surface area contributed by atoms with Gasteiger partial charge in [0.05, 0.1) is 10.5 Å². The highest BCUT2D eigenvalue weighted by Crippen LogP contribution is 2.32. The van der Waals surface area contributed by atoms with E-state index in [0.29, 0.717) is 18.7 Å². The van der Waals surface area contributed by atoms with Crippen molar-refractivity contribution >= 4 is 37.5 Å². The molecule has 0 radical (unpaired) electrons. The second-order valence-corrected chi connectivity index (χ2v) is 9.03. The lowest BCUT2D eigenvalue weighted by Gasteiger charge is -2.18. The molecular weight excluding hydrogens is 423 g/mol. The highest BCUT2D eigenvalue weighted by atomic mass is 79.9. The Bertz CT molecular complexity index is 976. The molecule has 1 aliphatic rings. The number of carbonyl (C=O) groups excluding carboxylic acids is 1. The molecule has 0 atom stereocenters. The maximum atomic E-state index is 14.3. The number of amides is 1. The Balaban J connectivity index is 1.98. The molecule has 2 aromatic carbocycles. The Morgan fingerprint density at radius 1 is 1.23 bits per heavy atom. The van der Waals surface area contributed by atoms with Crippen molar-refractivity contribution in [3.05, 3.63) is 57.8 Å². The topological polar surface area (TPSA) is 66.5 Å². The summed E-state index contributed by atoms with van der Waals surface area (Å²) in [5, 5.41) is 0. The van der Waals surface area contributed by atoms with Crippen LogP contribution in [0.25, 0.3) is 0 Å². The van der Waals surface area contributed by atoms with E-state index in [4.69, 9.17) is 0 Å². The van der Waals surface area contributed by atoms with Gasteiger partial charge in [0.1, 0.15) is 5.82 Å². The van der Waals surface area contributed by atoms with E-state index in [0.717, 1.165) is 28.2 Å². The third-order valence-corrected chi connectivity index (χ3v) is 6.20. The highest BCUT2D eigenvalue weighted by Gasteiger charge is 2.28. The zero-order chi connectivity index (χ0) is 19.1. The fraction of sp³-hybridized carbons (Fsp3) is 0.278. The van der Waals surface area contributed by atoms with Gasteiger partial charge in [-0.1, -0.05) is 15.9 Å². The minimum atomic E-state index is -3.82. The SMILES string of the molecule is CC(C)NS(=O)(=O)c1ccc(F)c(C(=O)N2CCc3cc(Br)ccc32)c1. The zero-order valence-electron chi connectivity index (χ0n) is 14.3. The molecule has 0 spiro atoms. The van der Waals surface area contributed by atoms with Crippen molar-refractivity contribution in [3.8, 4) is 0 Å². The number of fused-ring (bicyclic) bond motifs is 1. The smallest absolute Gasteiger partial charge is 0.261 e. The average Bonchev–Trinajstić information content (AvgIpc) is 2.96. The lowest BCUT2D eigenvalue weighted by molar-refractivity contribution is 0.0985. The summed E-state index contributed by atoms with van der Waals surface area (Å²) in [7, 11) is -3.82. The molecular formula is C18H18BrFN2O3S. The van der Waals surface area contributed by atoms with Crippen LogP contribution in [0.3, 0.4) is 0 Å². The summed E-state index contributed by atoms with van der Waals surface area (Å²) in [5.41, 5.74) is 1.44. The first-order valence-electron chi connectivity index (χ1n) is 8.11. The summed E-state index contributed by atoms with van der Waals surface area (Å²) in [6, 6.07) is 8.49. The Morgan fingerprint density at radius 3 is 2.65 bits per heavy atom. The number of nitrogens with zero attached hydrogens (tertiary/aromatic N) is 1. The Morgan fingerprint density at radius 2 is 1.96 bits per heavy atom. The fourth-order valence-electron chi connectivity index (χ4n) is 2.94. The largest absolute Gasteiger partial charge is 0.308 e. The van der Waals surface area contributed by atoms with Gasteiger partial charge in [-0.05, 0) is 62.2 Å². The Labute approximate surface area is 160 Å². The van der Waals surface area contributed by atoms with Gasteiger partial charge in [0.15, 0.2) is 0 Å². The van der Waals surface area contributed by atoms with Crippen LogP contribution in [0, 0.1) is 5.82 Å². The van der Waals surface area contributed by atoms with E-state index < -0.39 is 21.7 Å². The van der Waals surface area contributed by atoms with E-state index in [2.05, 4.69) is 20.7 Å². The summed E-state index contributed by atoms with van der Waals surface area (Å²) in [5.74, 6) is -1.30. The number of benzene rings is 2. The molecule has 1 amide bonds. The highest BCUT2D eigenvalue weighted by molar-refractivity contribution is 9.10. The third kappa shape index (κ3) is 3.67. The van der Waals surface area contributed by atoms with Crippen molar-refractivity contribution in [2.75, 3.05) is 11.4 Å². The first-order chi connectivity index (χ1) is 12.2. The zero-order valence-corrected chi connectivity index (χ0v) is 16.7. The van der Waals surface area contributed by atoms with Crippen molar-refractivity contribution < 1.29 is 17.6 Å². The number of nitrogens with one attached hydrogen (secondary N) is 1. The number of rotatable bonds is 4. The number of hydrogen-bond acceptors (Lipinski definition) is 3. The van der Waals surface area contributed by atoms with Gasteiger partial charge in [-0.2, -0.15) is 0 Å². The number of sulfonamides is 1. The van der Waals surface area contributed by atoms with Crippen LogP contribution >= 0.6 is 15.9 Å². The molecule has 8 heteroatoms. The molecule has 3 rings (SSSR count). The predicted octanol–water partition coefficient (Wildman–Crippen LogP) is 3.48. The van der Waals surface area contributed by atoms with Gasteiger partial charge >= 0.3 is 0 Å². The summed E-state index contributed by atoms with van der Waals surface area (Å²) in [4.78, 5) is 14.2. The molecule has 2 aromatic rings.